The Bertz CT molecular complexity index is 119. The van der Waals surface area contributed by atoms with E-state index in [1.807, 2.05) is 0 Å². The Hall–Kier alpha value is -0.160. The molecule has 0 bridgehead atoms. The van der Waals surface area contributed by atoms with Crippen molar-refractivity contribution in [3.63, 3.8) is 0 Å². The van der Waals surface area contributed by atoms with Gasteiger partial charge in [0.1, 0.15) is 12.8 Å². The second kappa shape index (κ2) is 3.12. The van der Waals surface area contributed by atoms with Crippen LogP contribution in [-0.4, -0.2) is 0 Å². The molecule has 0 N–H and O–H groups in total. The molecule has 1 aliphatic carbocycles. The predicted octanol–water partition coefficient (Wildman–Crippen LogP) is 2.63. The first kappa shape index (κ1) is 6.95. The summed E-state index contributed by atoms with van der Waals surface area (Å²) in [6.07, 6.45) is 4.30. The van der Waals surface area contributed by atoms with E-state index in [1.165, 1.54) is 4.83 Å². The quantitative estimate of drug-likeness (QED) is 0.534. The normalized spacial score (nSPS) is 21.6. The van der Waals surface area contributed by atoms with Crippen LogP contribution in [0.15, 0.2) is 0 Å². The fourth-order valence-electron chi connectivity index (χ4n) is 1.06. The summed E-state index contributed by atoms with van der Waals surface area (Å²) in [6.45, 7) is 0. The van der Waals surface area contributed by atoms with Gasteiger partial charge in [0.05, 0.1) is 12.0 Å². The van der Waals surface area contributed by atoms with E-state index in [2.05, 4.69) is 22.0 Å². The highest BCUT2D eigenvalue weighted by Gasteiger charge is 2.26. The van der Waals surface area contributed by atoms with Gasteiger partial charge in [-0.2, -0.15) is 5.26 Å². The van der Waals surface area contributed by atoms with Gasteiger partial charge in [0.2, 0.25) is 0 Å². The van der Waals surface area contributed by atoms with E-state index in [0.29, 0.717) is 5.92 Å². The Morgan fingerprint density at radius 2 is 2.00 bits per heavy atom. The van der Waals surface area contributed by atoms with Gasteiger partial charge in [-0.3, -0.25) is 0 Å². The maximum Gasteiger partial charge on any atom is 0.198 e. The topological polar surface area (TPSA) is 23.8 Å². The Morgan fingerprint density at radius 3 is 2.44 bits per heavy atom. The molecule has 0 saturated heterocycles. The molecule has 1 saturated carbocycles. The number of hydrogen-bond acceptors (Lipinski definition) is 1. The first-order valence-electron chi connectivity index (χ1n) is 3.22. The molecule has 9 heavy (non-hydrogen) atoms. The Balaban J connectivity index is 2.28. The molecule has 48 valence electrons. The smallest absolute Gasteiger partial charge is 0.198 e. The van der Waals surface area contributed by atoms with Gasteiger partial charge in [-0.05, 0) is 0 Å². The van der Waals surface area contributed by atoms with Crippen molar-refractivity contribution >= 4 is 15.9 Å². The average molecular weight is 187 g/mol. The highest BCUT2D eigenvalue weighted by Crippen LogP contribution is 2.33. The standard InChI is InChI=1S/C7H9BrN/c8-7-3-1-6(5-9)2-4-7/h6H,1-4H2/q+1. The average Bonchev–Trinajstić information content (AvgIpc) is 1.90. The van der Waals surface area contributed by atoms with Crippen LogP contribution in [0.4, 0.5) is 0 Å². The lowest BCUT2D eigenvalue weighted by Crippen LogP contribution is -2.06. The van der Waals surface area contributed by atoms with Crippen molar-refractivity contribution in [1.82, 2.24) is 0 Å². The van der Waals surface area contributed by atoms with Crippen LogP contribution < -0.4 is 0 Å². The van der Waals surface area contributed by atoms with Gasteiger partial charge in [-0.1, -0.05) is 0 Å². The molecule has 0 aromatic heterocycles. The maximum absolute atomic E-state index is 8.50. The molecule has 0 aromatic carbocycles. The largest absolute Gasteiger partial charge is 0.198 e. The van der Waals surface area contributed by atoms with E-state index in [-0.39, 0.29) is 0 Å². The molecular formula is C7H9BrN+. The molecule has 0 atom stereocenters. The maximum atomic E-state index is 8.50. The van der Waals surface area contributed by atoms with E-state index < -0.39 is 0 Å². The lowest BCUT2D eigenvalue weighted by molar-refractivity contribution is 0.485. The number of nitrogens with zero attached hydrogens (tertiary/aromatic N) is 1. The van der Waals surface area contributed by atoms with Crippen LogP contribution >= 0.6 is 15.9 Å². The minimum Gasteiger partial charge on any atom is -0.198 e. The summed E-state index contributed by atoms with van der Waals surface area (Å²) in [6, 6.07) is 2.29. The second-order valence-electron chi connectivity index (χ2n) is 2.42. The minimum atomic E-state index is 0.325. The van der Waals surface area contributed by atoms with Gasteiger partial charge in [0.25, 0.3) is 0 Å². The van der Waals surface area contributed by atoms with Crippen LogP contribution in [0.3, 0.4) is 0 Å². The second-order valence-corrected chi connectivity index (χ2v) is 3.54. The summed E-state index contributed by atoms with van der Waals surface area (Å²) in [5.74, 6) is 0.325. The lowest BCUT2D eigenvalue weighted by atomic mass is 9.90. The van der Waals surface area contributed by atoms with Crippen molar-refractivity contribution in [3.8, 4) is 6.07 Å². The molecule has 0 heterocycles. The highest BCUT2D eigenvalue weighted by atomic mass is 79.9. The molecule has 1 aliphatic rings. The zero-order valence-electron chi connectivity index (χ0n) is 5.23. The first-order valence-corrected chi connectivity index (χ1v) is 4.02. The number of nitriles is 1. The van der Waals surface area contributed by atoms with Crippen LogP contribution in [0, 0.1) is 22.1 Å². The fourth-order valence-corrected chi connectivity index (χ4v) is 1.52. The Labute approximate surface area is 64.2 Å². The van der Waals surface area contributed by atoms with Gasteiger partial charge < -0.3 is 0 Å². The van der Waals surface area contributed by atoms with E-state index in [9.17, 15) is 0 Å². The summed E-state index contributed by atoms with van der Waals surface area (Å²) in [5, 5.41) is 8.50. The molecular weight excluding hydrogens is 178 g/mol. The minimum absolute atomic E-state index is 0.325. The first-order chi connectivity index (χ1) is 4.33. The third-order valence-corrected chi connectivity index (χ3v) is 2.50. The van der Waals surface area contributed by atoms with Crippen molar-refractivity contribution in [3.05, 3.63) is 4.83 Å². The number of rotatable bonds is 0. The third kappa shape index (κ3) is 1.91. The van der Waals surface area contributed by atoms with Crippen LogP contribution in [0.25, 0.3) is 0 Å². The van der Waals surface area contributed by atoms with Crippen LogP contribution in [0.5, 0.6) is 0 Å². The fraction of sp³-hybridized carbons (Fsp3) is 0.714. The molecule has 0 radical (unpaired) electrons. The van der Waals surface area contributed by atoms with Crippen molar-refractivity contribution in [2.45, 2.75) is 25.7 Å². The zero-order valence-corrected chi connectivity index (χ0v) is 6.82. The van der Waals surface area contributed by atoms with Gasteiger partial charge in [0.15, 0.2) is 20.8 Å². The SMILES string of the molecule is N#CC1CC[C+](Br)CC1. The predicted molar refractivity (Wildman–Crippen MR) is 39.7 cm³/mol. The molecule has 0 spiro atoms. The van der Waals surface area contributed by atoms with Crippen LogP contribution in [0.1, 0.15) is 25.7 Å². The van der Waals surface area contributed by atoms with Crippen molar-refractivity contribution in [2.24, 2.45) is 5.92 Å². The Morgan fingerprint density at radius 1 is 1.44 bits per heavy atom. The number of halogens is 1. The van der Waals surface area contributed by atoms with Crippen LogP contribution in [-0.2, 0) is 0 Å². The van der Waals surface area contributed by atoms with E-state index in [0.717, 1.165) is 25.7 Å². The monoisotopic (exact) mass is 186 g/mol. The molecule has 0 aromatic rings. The van der Waals surface area contributed by atoms with Crippen LogP contribution in [0.2, 0.25) is 0 Å². The summed E-state index contributed by atoms with van der Waals surface area (Å²) in [4.78, 5) is 1.38. The molecule has 0 aliphatic heterocycles. The van der Waals surface area contributed by atoms with E-state index in [1.54, 1.807) is 0 Å². The van der Waals surface area contributed by atoms with E-state index >= 15 is 0 Å². The summed E-state index contributed by atoms with van der Waals surface area (Å²) < 4.78 is 0. The van der Waals surface area contributed by atoms with Gasteiger partial charge >= 0.3 is 0 Å². The van der Waals surface area contributed by atoms with Gasteiger partial charge in [-0.15, -0.1) is 0 Å². The summed E-state index contributed by atoms with van der Waals surface area (Å²) >= 11 is 3.45. The summed E-state index contributed by atoms with van der Waals surface area (Å²) in [5.41, 5.74) is 0. The third-order valence-electron chi connectivity index (χ3n) is 1.71. The molecule has 0 unspecified atom stereocenters. The summed E-state index contributed by atoms with van der Waals surface area (Å²) in [7, 11) is 0. The van der Waals surface area contributed by atoms with Crippen molar-refractivity contribution in [2.75, 3.05) is 0 Å². The number of hydrogen-bond donors (Lipinski definition) is 0. The van der Waals surface area contributed by atoms with Gasteiger partial charge in [0, 0.05) is 12.8 Å². The van der Waals surface area contributed by atoms with Crippen molar-refractivity contribution in [1.29, 1.82) is 5.26 Å². The van der Waals surface area contributed by atoms with Crippen molar-refractivity contribution < 1.29 is 0 Å². The van der Waals surface area contributed by atoms with Gasteiger partial charge in [-0.25, -0.2) is 0 Å². The highest BCUT2D eigenvalue weighted by molar-refractivity contribution is 9.11. The Kier molecular flexibility index (Phi) is 2.41. The zero-order chi connectivity index (χ0) is 6.69. The van der Waals surface area contributed by atoms with E-state index in [4.69, 9.17) is 5.26 Å². The molecule has 1 rings (SSSR count). The molecule has 1 fully saturated rings. The molecule has 1 nitrogen and oxygen atoms in total. The lowest BCUT2D eigenvalue weighted by Gasteiger charge is -2.10. The molecule has 0 amide bonds. The molecule has 2 heteroatoms.